The number of nitrogens with zero attached hydrogens (tertiary/aromatic N) is 3. The molecule has 1 atom stereocenters. The molecule has 0 aromatic heterocycles. The minimum Gasteiger partial charge on any atom is -0.447 e. The Bertz CT molecular complexity index is 659. The van der Waals surface area contributed by atoms with Gasteiger partial charge in [-0.3, -0.25) is 9.80 Å². The van der Waals surface area contributed by atoms with E-state index in [1.807, 2.05) is 20.9 Å². The molecule has 3 heterocycles. The van der Waals surface area contributed by atoms with Gasteiger partial charge in [0, 0.05) is 7.05 Å². The number of amides is 1. The van der Waals surface area contributed by atoms with E-state index in [0.29, 0.717) is 29.9 Å². The molecule has 0 aliphatic carbocycles. The molecule has 0 radical (unpaired) electrons. The van der Waals surface area contributed by atoms with E-state index in [9.17, 15) is 4.79 Å². The van der Waals surface area contributed by atoms with Gasteiger partial charge in [-0.05, 0) is 66.2 Å². The van der Waals surface area contributed by atoms with Gasteiger partial charge in [-0.1, -0.05) is 48.5 Å². The zero-order valence-electron chi connectivity index (χ0n) is 25.9. The van der Waals surface area contributed by atoms with E-state index in [1.165, 1.54) is 0 Å². The third kappa shape index (κ3) is 6.93. The summed E-state index contributed by atoms with van der Waals surface area (Å²) < 4.78 is 21.7. The SMILES string of the molecule is CC(C)C1(N(C)C)COC(C)(C)OC1.CC(C)C1(N(C)C)COC1.CCC1(C(C)C)COC(=O)N1C. The van der Waals surface area contributed by atoms with Crippen LogP contribution in [0.4, 0.5) is 4.79 Å². The van der Waals surface area contributed by atoms with Gasteiger partial charge in [-0.15, -0.1) is 0 Å². The highest BCUT2D eigenvalue weighted by Gasteiger charge is 2.46. The second-order valence-electron chi connectivity index (χ2n) is 12.5. The molecule has 0 N–H and O–H groups in total. The molecular formula is C28H57N3O5. The van der Waals surface area contributed by atoms with E-state index in [2.05, 4.69) is 86.5 Å². The lowest BCUT2D eigenvalue weighted by molar-refractivity contribution is -0.290. The number of rotatable bonds is 6. The molecule has 3 saturated heterocycles. The van der Waals surface area contributed by atoms with Crippen LogP contribution in [0.25, 0.3) is 0 Å². The summed E-state index contributed by atoms with van der Waals surface area (Å²) in [6, 6.07) is 0. The summed E-state index contributed by atoms with van der Waals surface area (Å²) in [5.74, 6) is 1.23. The van der Waals surface area contributed by atoms with Crippen LogP contribution < -0.4 is 0 Å². The molecule has 214 valence electrons. The molecular weight excluding hydrogens is 458 g/mol. The van der Waals surface area contributed by atoms with Crippen molar-refractivity contribution in [3.63, 3.8) is 0 Å². The van der Waals surface area contributed by atoms with E-state index >= 15 is 0 Å². The molecule has 0 bridgehead atoms. The Morgan fingerprint density at radius 1 is 0.778 bits per heavy atom. The quantitative estimate of drug-likeness (QED) is 0.513. The van der Waals surface area contributed by atoms with E-state index in [0.717, 1.165) is 32.8 Å². The van der Waals surface area contributed by atoms with Crippen LogP contribution in [0.1, 0.15) is 68.7 Å². The van der Waals surface area contributed by atoms with Gasteiger partial charge in [0.05, 0.1) is 43.0 Å². The Balaban J connectivity index is 0.000000274. The molecule has 3 fully saturated rings. The summed E-state index contributed by atoms with van der Waals surface area (Å²) in [5.41, 5.74) is 0.284. The zero-order valence-corrected chi connectivity index (χ0v) is 25.9. The molecule has 8 nitrogen and oxygen atoms in total. The highest BCUT2D eigenvalue weighted by Crippen LogP contribution is 2.34. The highest BCUT2D eigenvalue weighted by atomic mass is 16.7. The smallest absolute Gasteiger partial charge is 0.410 e. The minimum atomic E-state index is -0.422. The molecule has 3 rings (SSSR count). The Kier molecular flexibility index (Phi) is 11.7. The summed E-state index contributed by atoms with van der Waals surface area (Å²) >= 11 is 0. The number of cyclic esters (lactones) is 1. The van der Waals surface area contributed by atoms with E-state index in [-0.39, 0.29) is 17.2 Å². The third-order valence-corrected chi connectivity index (χ3v) is 9.05. The Hall–Kier alpha value is -0.930. The number of ether oxygens (including phenoxy) is 4. The number of hydrogen-bond donors (Lipinski definition) is 0. The largest absolute Gasteiger partial charge is 0.447 e. The van der Waals surface area contributed by atoms with E-state index in [4.69, 9.17) is 18.9 Å². The molecule has 1 unspecified atom stereocenters. The maximum Gasteiger partial charge on any atom is 0.410 e. The fourth-order valence-corrected chi connectivity index (χ4v) is 5.07. The normalized spacial score (nSPS) is 26.4. The summed E-state index contributed by atoms with van der Waals surface area (Å²) in [7, 11) is 10.2. The Morgan fingerprint density at radius 3 is 1.36 bits per heavy atom. The Morgan fingerprint density at radius 2 is 1.19 bits per heavy atom. The van der Waals surface area contributed by atoms with Crippen molar-refractivity contribution >= 4 is 6.09 Å². The van der Waals surface area contributed by atoms with Gasteiger partial charge in [0.25, 0.3) is 0 Å². The topological polar surface area (TPSA) is 63.7 Å². The predicted molar refractivity (Wildman–Crippen MR) is 146 cm³/mol. The van der Waals surface area contributed by atoms with Gasteiger partial charge in [-0.2, -0.15) is 0 Å². The van der Waals surface area contributed by atoms with Crippen molar-refractivity contribution in [2.75, 3.05) is 68.3 Å². The van der Waals surface area contributed by atoms with Crippen molar-refractivity contribution in [2.24, 2.45) is 17.8 Å². The van der Waals surface area contributed by atoms with Crippen molar-refractivity contribution < 1.29 is 23.7 Å². The maximum atomic E-state index is 11.2. The van der Waals surface area contributed by atoms with Crippen LogP contribution in [-0.2, 0) is 18.9 Å². The second kappa shape index (κ2) is 12.7. The van der Waals surface area contributed by atoms with Crippen molar-refractivity contribution in [3.8, 4) is 0 Å². The van der Waals surface area contributed by atoms with Crippen LogP contribution in [0.3, 0.4) is 0 Å². The highest BCUT2D eigenvalue weighted by molar-refractivity contribution is 5.70. The number of likely N-dealkylation sites (N-methyl/N-ethyl adjacent to an activating group) is 3. The van der Waals surface area contributed by atoms with Crippen molar-refractivity contribution in [1.82, 2.24) is 14.7 Å². The lowest BCUT2D eigenvalue weighted by Gasteiger charge is -2.49. The van der Waals surface area contributed by atoms with Gasteiger partial charge in [0.15, 0.2) is 5.79 Å². The molecule has 3 aliphatic heterocycles. The average molecular weight is 516 g/mol. The first-order valence-electron chi connectivity index (χ1n) is 13.5. The van der Waals surface area contributed by atoms with Crippen LogP contribution in [0, 0.1) is 17.8 Å². The first-order valence-corrected chi connectivity index (χ1v) is 13.5. The van der Waals surface area contributed by atoms with Gasteiger partial charge in [0.1, 0.15) is 6.61 Å². The van der Waals surface area contributed by atoms with Crippen molar-refractivity contribution in [2.45, 2.75) is 91.1 Å². The molecule has 0 saturated carbocycles. The summed E-state index contributed by atoms with van der Waals surface area (Å²) in [4.78, 5) is 17.4. The van der Waals surface area contributed by atoms with Crippen LogP contribution in [0.15, 0.2) is 0 Å². The molecule has 36 heavy (non-hydrogen) atoms. The molecule has 1 amide bonds. The summed E-state index contributed by atoms with van der Waals surface area (Å²) in [6.07, 6.45) is 0.762. The second-order valence-corrected chi connectivity index (χ2v) is 12.5. The van der Waals surface area contributed by atoms with Crippen LogP contribution in [-0.4, -0.2) is 111 Å². The van der Waals surface area contributed by atoms with Crippen LogP contribution in [0.2, 0.25) is 0 Å². The molecule has 0 aromatic carbocycles. The van der Waals surface area contributed by atoms with E-state index < -0.39 is 5.79 Å². The molecule has 8 heteroatoms. The van der Waals surface area contributed by atoms with Crippen LogP contribution in [0.5, 0.6) is 0 Å². The first kappa shape index (κ1) is 33.1. The number of hydrogen-bond acceptors (Lipinski definition) is 7. The van der Waals surface area contributed by atoms with Gasteiger partial charge < -0.3 is 23.8 Å². The van der Waals surface area contributed by atoms with Gasteiger partial charge >= 0.3 is 6.09 Å². The molecule has 3 aliphatic rings. The first-order chi connectivity index (χ1) is 16.4. The number of carbonyl (C=O) groups is 1. The standard InChI is InChI=1S/C11H23NO2.C9H17NO2.C8H17NO/c1-9(2)11(12(5)6)7-13-10(3,4)14-8-11;1-5-9(7(2)3)6-12-8(11)10(9)4;1-7(2)8(9(3)4)5-10-6-8/h9H,7-8H2,1-6H3;7H,5-6H2,1-4H3;7H,5-6H2,1-4H3. The van der Waals surface area contributed by atoms with Gasteiger partial charge in [-0.25, -0.2) is 4.79 Å². The summed E-state index contributed by atoms with van der Waals surface area (Å²) in [5, 5.41) is 0. The monoisotopic (exact) mass is 515 g/mol. The number of carbonyl (C=O) groups excluding carboxylic acids is 1. The lowest BCUT2D eigenvalue weighted by atomic mass is 9.83. The average Bonchev–Trinajstić information content (AvgIpc) is 3.02. The maximum absolute atomic E-state index is 11.2. The van der Waals surface area contributed by atoms with Gasteiger partial charge in [0.2, 0.25) is 0 Å². The zero-order chi connectivity index (χ0) is 28.1. The fraction of sp³-hybridized carbons (Fsp3) is 0.964. The molecule has 0 aromatic rings. The van der Waals surface area contributed by atoms with Crippen molar-refractivity contribution in [1.29, 1.82) is 0 Å². The minimum absolute atomic E-state index is 0.0233. The third-order valence-electron chi connectivity index (χ3n) is 9.05. The van der Waals surface area contributed by atoms with Crippen molar-refractivity contribution in [3.05, 3.63) is 0 Å². The lowest BCUT2D eigenvalue weighted by Crippen LogP contribution is -2.62. The fourth-order valence-electron chi connectivity index (χ4n) is 5.07. The summed E-state index contributed by atoms with van der Waals surface area (Å²) in [6.45, 7) is 23.0. The Labute approximate surface area is 221 Å². The predicted octanol–water partition coefficient (Wildman–Crippen LogP) is 4.57. The molecule has 0 spiro atoms. The van der Waals surface area contributed by atoms with Crippen LogP contribution >= 0.6 is 0 Å². The van der Waals surface area contributed by atoms with E-state index in [1.54, 1.807) is 4.90 Å².